The normalized spacial score (nSPS) is 10.8. The minimum absolute atomic E-state index is 0.199. The lowest BCUT2D eigenvalue weighted by molar-refractivity contribution is 0.0683. The highest BCUT2D eigenvalue weighted by Gasteiger charge is 2.16. The predicted molar refractivity (Wildman–Crippen MR) is 73.0 cm³/mol. The van der Waals surface area contributed by atoms with E-state index < -0.39 is 5.97 Å². The summed E-state index contributed by atoms with van der Waals surface area (Å²) in [5, 5.41) is 14.1. The van der Waals surface area contributed by atoms with Gasteiger partial charge in [0.15, 0.2) is 0 Å². The van der Waals surface area contributed by atoms with Gasteiger partial charge < -0.3 is 5.11 Å². The van der Waals surface area contributed by atoms with Crippen molar-refractivity contribution in [3.63, 3.8) is 0 Å². The molecule has 0 aliphatic rings. The molecular weight excluding hydrogens is 256 g/mol. The largest absolute Gasteiger partial charge is 0.475 e. The fourth-order valence-corrected chi connectivity index (χ4v) is 2.12. The number of carbonyl (C=O) groups is 1. The average Bonchev–Trinajstić information content (AvgIpc) is 2.91. The molecule has 0 saturated heterocycles. The first-order valence-corrected chi connectivity index (χ1v) is 6.24. The smallest absolute Gasteiger partial charge is 0.375 e. The summed E-state index contributed by atoms with van der Waals surface area (Å²) in [7, 11) is 0. The van der Waals surface area contributed by atoms with E-state index in [2.05, 4.69) is 15.1 Å². The maximum atomic E-state index is 11.0. The van der Waals surface area contributed by atoms with E-state index in [4.69, 9.17) is 5.11 Å². The number of hydrogen-bond acceptors (Lipinski definition) is 4. The van der Waals surface area contributed by atoms with E-state index in [1.807, 2.05) is 37.3 Å². The Kier molecular flexibility index (Phi) is 2.90. The number of hydrogen-bond donors (Lipinski definition) is 1. The lowest BCUT2D eigenvalue weighted by atomic mass is 10.2. The second kappa shape index (κ2) is 4.73. The van der Waals surface area contributed by atoms with Crippen LogP contribution < -0.4 is 0 Å². The van der Waals surface area contributed by atoms with Crippen molar-refractivity contribution in [1.29, 1.82) is 0 Å². The summed E-state index contributed by atoms with van der Waals surface area (Å²) in [4.78, 5) is 19.4. The predicted octanol–water partition coefficient (Wildman–Crippen LogP) is 2.08. The fourth-order valence-electron chi connectivity index (χ4n) is 2.12. The summed E-state index contributed by atoms with van der Waals surface area (Å²) in [5.74, 6) is -0.734. The molecule has 100 valence electrons. The Morgan fingerprint density at radius 3 is 2.85 bits per heavy atom. The third-order valence-electron chi connectivity index (χ3n) is 3.02. The summed E-state index contributed by atoms with van der Waals surface area (Å²) in [6.07, 6.45) is 2.29. The number of benzene rings is 1. The molecule has 3 rings (SSSR count). The Bertz CT molecular complexity index is 789. The van der Waals surface area contributed by atoms with E-state index in [9.17, 15) is 4.79 Å². The van der Waals surface area contributed by atoms with Crippen LogP contribution in [0.5, 0.6) is 0 Å². The Morgan fingerprint density at radius 2 is 2.10 bits per heavy atom. The van der Waals surface area contributed by atoms with Crippen LogP contribution in [0.1, 0.15) is 23.4 Å². The van der Waals surface area contributed by atoms with Crippen molar-refractivity contribution in [1.82, 2.24) is 19.7 Å². The Morgan fingerprint density at radius 1 is 1.30 bits per heavy atom. The second-order valence-corrected chi connectivity index (χ2v) is 4.27. The van der Waals surface area contributed by atoms with E-state index in [1.165, 1.54) is 0 Å². The molecule has 6 heteroatoms. The van der Waals surface area contributed by atoms with Crippen LogP contribution in [0.3, 0.4) is 0 Å². The minimum Gasteiger partial charge on any atom is -0.475 e. The van der Waals surface area contributed by atoms with Gasteiger partial charge in [-0.3, -0.25) is 4.98 Å². The Balaban J connectivity index is 2.28. The minimum atomic E-state index is -1.13. The number of fused-ring (bicyclic) bond motifs is 1. The highest BCUT2D eigenvalue weighted by atomic mass is 16.4. The van der Waals surface area contributed by atoms with Crippen LogP contribution in [-0.4, -0.2) is 30.8 Å². The molecular formula is C14H12N4O2. The zero-order valence-corrected chi connectivity index (χ0v) is 10.8. The number of carboxylic acid groups (broad SMARTS) is 1. The number of nitrogens with zero attached hydrogens (tertiary/aromatic N) is 4. The number of rotatable bonds is 3. The van der Waals surface area contributed by atoms with Crippen LogP contribution in [0.4, 0.5) is 0 Å². The SMILES string of the molecule is CCc1nc(C(=O)O)nn1-c1cccc2cccnc12. The summed E-state index contributed by atoms with van der Waals surface area (Å²) in [5.41, 5.74) is 1.51. The molecule has 0 radical (unpaired) electrons. The van der Waals surface area contributed by atoms with Crippen LogP contribution in [0.2, 0.25) is 0 Å². The molecule has 1 aromatic carbocycles. The van der Waals surface area contributed by atoms with E-state index in [1.54, 1.807) is 10.9 Å². The molecule has 0 spiro atoms. The average molecular weight is 268 g/mol. The van der Waals surface area contributed by atoms with Gasteiger partial charge in [-0.05, 0) is 12.1 Å². The van der Waals surface area contributed by atoms with Crippen LogP contribution in [0.15, 0.2) is 36.5 Å². The summed E-state index contributed by atoms with van der Waals surface area (Å²) < 4.78 is 1.55. The van der Waals surface area contributed by atoms with E-state index in [-0.39, 0.29) is 5.82 Å². The molecule has 3 aromatic rings. The first-order chi connectivity index (χ1) is 9.70. The number of para-hydroxylation sites is 1. The number of aromatic nitrogens is 4. The molecule has 20 heavy (non-hydrogen) atoms. The maximum Gasteiger partial charge on any atom is 0.375 e. The van der Waals surface area contributed by atoms with Gasteiger partial charge in [0.1, 0.15) is 5.82 Å². The molecule has 0 amide bonds. The van der Waals surface area contributed by atoms with Crippen molar-refractivity contribution in [3.8, 4) is 5.69 Å². The third kappa shape index (κ3) is 1.91. The monoisotopic (exact) mass is 268 g/mol. The van der Waals surface area contributed by atoms with Crippen molar-refractivity contribution in [2.24, 2.45) is 0 Å². The molecule has 0 aliphatic heterocycles. The van der Waals surface area contributed by atoms with Crippen LogP contribution in [0, 0.1) is 0 Å². The number of carboxylic acids is 1. The number of aryl methyl sites for hydroxylation is 1. The van der Waals surface area contributed by atoms with Crippen LogP contribution in [-0.2, 0) is 6.42 Å². The van der Waals surface area contributed by atoms with E-state index in [0.29, 0.717) is 12.2 Å². The standard InChI is InChI=1S/C14H12N4O2/c1-2-11-16-13(14(19)20)17-18(11)10-7-3-5-9-6-4-8-15-12(9)10/h3-8H,2H2,1H3,(H,19,20). The summed E-state index contributed by atoms with van der Waals surface area (Å²) in [6.45, 7) is 1.91. The van der Waals surface area contributed by atoms with Gasteiger partial charge in [-0.1, -0.05) is 25.1 Å². The van der Waals surface area contributed by atoms with Gasteiger partial charge in [-0.2, -0.15) is 0 Å². The lowest BCUT2D eigenvalue weighted by Gasteiger charge is -2.07. The van der Waals surface area contributed by atoms with Gasteiger partial charge in [-0.25, -0.2) is 14.5 Å². The van der Waals surface area contributed by atoms with E-state index in [0.717, 1.165) is 16.6 Å². The first-order valence-electron chi connectivity index (χ1n) is 6.24. The highest BCUT2D eigenvalue weighted by molar-refractivity contribution is 5.87. The van der Waals surface area contributed by atoms with Gasteiger partial charge in [0.2, 0.25) is 0 Å². The quantitative estimate of drug-likeness (QED) is 0.786. The van der Waals surface area contributed by atoms with Crippen molar-refractivity contribution in [2.75, 3.05) is 0 Å². The highest BCUT2D eigenvalue weighted by Crippen LogP contribution is 2.20. The van der Waals surface area contributed by atoms with Gasteiger partial charge in [0.25, 0.3) is 5.82 Å². The summed E-state index contributed by atoms with van der Waals surface area (Å²) in [6, 6.07) is 9.51. The molecule has 0 bridgehead atoms. The lowest BCUT2D eigenvalue weighted by Crippen LogP contribution is -2.04. The molecule has 0 saturated carbocycles. The zero-order chi connectivity index (χ0) is 14.1. The molecule has 1 N–H and O–H groups in total. The Hall–Kier alpha value is -2.76. The second-order valence-electron chi connectivity index (χ2n) is 4.27. The van der Waals surface area contributed by atoms with Crippen LogP contribution in [0.25, 0.3) is 16.6 Å². The van der Waals surface area contributed by atoms with Crippen molar-refractivity contribution in [2.45, 2.75) is 13.3 Å². The van der Waals surface area contributed by atoms with Gasteiger partial charge >= 0.3 is 5.97 Å². The number of pyridine rings is 1. The molecule has 2 heterocycles. The number of aromatic carboxylic acids is 1. The van der Waals surface area contributed by atoms with Crippen molar-refractivity contribution in [3.05, 3.63) is 48.2 Å². The maximum absolute atomic E-state index is 11.0. The first kappa shape index (κ1) is 12.3. The topological polar surface area (TPSA) is 80.9 Å². The van der Waals surface area contributed by atoms with Gasteiger partial charge in [0.05, 0.1) is 11.2 Å². The van der Waals surface area contributed by atoms with Crippen LogP contribution >= 0.6 is 0 Å². The molecule has 0 fully saturated rings. The van der Waals surface area contributed by atoms with Gasteiger partial charge in [0, 0.05) is 18.0 Å². The molecule has 2 aromatic heterocycles. The molecule has 0 unspecified atom stereocenters. The third-order valence-corrected chi connectivity index (χ3v) is 3.02. The molecule has 0 atom stereocenters. The molecule has 0 aliphatic carbocycles. The van der Waals surface area contributed by atoms with Gasteiger partial charge in [-0.15, -0.1) is 5.10 Å². The van der Waals surface area contributed by atoms with Crippen molar-refractivity contribution >= 4 is 16.9 Å². The summed E-state index contributed by atoms with van der Waals surface area (Å²) >= 11 is 0. The van der Waals surface area contributed by atoms with E-state index >= 15 is 0 Å². The molecule has 6 nitrogen and oxygen atoms in total. The zero-order valence-electron chi connectivity index (χ0n) is 10.8. The van der Waals surface area contributed by atoms with Crippen molar-refractivity contribution < 1.29 is 9.90 Å². The Labute approximate surface area is 114 Å². The fraction of sp³-hybridized carbons (Fsp3) is 0.143.